The lowest BCUT2D eigenvalue weighted by molar-refractivity contribution is 0.471. The molecule has 0 fully saturated rings. The van der Waals surface area contributed by atoms with Crippen molar-refractivity contribution >= 4 is 26.2 Å². The van der Waals surface area contributed by atoms with Crippen LogP contribution in [0, 0.1) is 5.41 Å². The van der Waals surface area contributed by atoms with Crippen molar-refractivity contribution in [2.75, 3.05) is 5.08 Å². The zero-order chi connectivity index (χ0) is 11.3. The van der Waals surface area contributed by atoms with Crippen LogP contribution in [0.1, 0.15) is 0 Å². The zero-order valence-electron chi connectivity index (χ0n) is 6.21. The Labute approximate surface area is 74.7 Å². The van der Waals surface area contributed by atoms with E-state index in [9.17, 15) is 16.8 Å². The molecule has 0 heterocycles. The summed E-state index contributed by atoms with van der Waals surface area (Å²) in [5.74, 6) is -0.333. The molecule has 0 bridgehead atoms. The van der Waals surface area contributed by atoms with Gasteiger partial charge in [0.15, 0.2) is 5.96 Å². The minimum absolute atomic E-state index is 0.333. The number of nitrogens with two attached hydrogens (primary N) is 2. The first kappa shape index (κ1) is 14.6. The Morgan fingerprint density at radius 2 is 1.23 bits per heavy atom. The van der Waals surface area contributed by atoms with Gasteiger partial charge in [-0.3, -0.25) is 14.5 Å². The van der Waals surface area contributed by atoms with Gasteiger partial charge in [-0.15, -0.1) is 0 Å². The largest absolute Gasteiger partial charge is 0.370 e. The maximum atomic E-state index is 9.66. The molecule has 9 nitrogen and oxygen atoms in total. The fraction of sp³-hybridized carbons (Fsp3) is 0.500. The Bertz CT molecular complexity index is 319. The zero-order valence-corrected chi connectivity index (χ0v) is 7.84. The summed E-state index contributed by atoms with van der Waals surface area (Å²) in [6.45, 7) is 0. The van der Waals surface area contributed by atoms with Crippen LogP contribution in [0.3, 0.4) is 0 Å². The second-order valence-corrected chi connectivity index (χ2v) is 5.01. The van der Waals surface area contributed by atoms with Crippen LogP contribution in [0.15, 0.2) is 0 Å². The van der Waals surface area contributed by atoms with E-state index in [1.165, 1.54) is 0 Å². The van der Waals surface area contributed by atoms with Crippen molar-refractivity contribution in [1.82, 2.24) is 0 Å². The van der Waals surface area contributed by atoms with E-state index < -0.39 is 25.3 Å². The van der Waals surface area contributed by atoms with Gasteiger partial charge in [0.05, 0.1) is 0 Å². The van der Waals surface area contributed by atoms with Gasteiger partial charge in [0.25, 0.3) is 20.2 Å². The van der Waals surface area contributed by atoms with Crippen molar-refractivity contribution in [3.63, 3.8) is 0 Å². The topological polar surface area (TPSA) is 185 Å². The van der Waals surface area contributed by atoms with E-state index in [0.29, 0.717) is 0 Å². The fourth-order valence-corrected chi connectivity index (χ4v) is 1.69. The highest BCUT2D eigenvalue weighted by Crippen LogP contribution is 1.88. The molecule has 11 heteroatoms. The minimum atomic E-state index is -4.62. The number of hydrogen-bond acceptors (Lipinski definition) is 5. The SMILES string of the molecule is N=C(N)N.O=S(=O)(O)CS(=O)(=O)O. The lowest BCUT2D eigenvalue weighted by atomic mass is 11.1. The molecule has 0 atom stereocenters. The maximum absolute atomic E-state index is 9.66. The van der Waals surface area contributed by atoms with Gasteiger partial charge in [-0.05, 0) is 0 Å². The molecule has 0 radical (unpaired) electrons. The second kappa shape index (κ2) is 4.96. The quantitative estimate of drug-likeness (QED) is 0.198. The third-order valence-corrected chi connectivity index (χ3v) is 2.68. The van der Waals surface area contributed by atoms with Crippen LogP contribution >= 0.6 is 0 Å². The first-order valence-electron chi connectivity index (χ1n) is 2.44. The first-order valence-corrected chi connectivity index (χ1v) is 5.65. The number of hydrogen-bond donors (Lipinski definition) is 5. The molecule has 0 saturated heterocycles. The number of guanidine groups is 1. The lowest BCUT2D eigenvalue weighted by Crippen LogP contribution is -2.20. The highest BCUT2D eigenvalue weighted by atomic mass is 32.3. The Morgan fingerprint density at radius 1 is 1.08 bits per heavy atom. The van der Waals surface area contributed by atoms with E-state index in [4.69, 9.17) is 14.5 Å². The molecular formula is C2H9N3O6S2. The van der Waals surface area contributed by atoms with Crippen LogP contribution in [0.5, 0.6) is 0 Å². The third-order valence-electron chi connectivity index (χ3n) is 0.298. The molecule has 80 valence electrons. The Morgan fingerprint density at radius 3 is 1.23 bits per heavy atom. The molecule has 0 unspecified atom stereocenters. The summed E-state index contributed by atoms with van der Waals surface area (Å²) in [5.41, 5.74) is 8.94. The van der Waals surface area contributed by atoms with E-state index in [2.05, 4.69) is 11.5 Å². The van der Waals surface area contributed by atoms with Crippen molar-refractivity contribution in [2.45, 2.75) is 0 Å². The van der Waals surface area contributed by atoms with Crippen molar-refractivity contribution in [3.05, 3.63) is 0 Å². The molecule has 13 heavy (non-hydrogen) atoms. The van der Waals surface area contributed by atoms with Gasteiger partial charge < -0.3 is 11.5 Å². The van der Waals surface area contributed by atoms with Gasteiger partial charge in [-0.25, -0.2) is 0 Å². The number of nitrogens with one attached hydrogen (secondary N) is 1. The van der Waals surface area contributed by atoms with Gasteiger partial charge in [0.1, 0.15) is 0 Å². The first-order chi connectivity index (χ1) is 5.44. The monoisotopic (exact) mass is 235 g/mol. The molecule has 0 amide bonds. The smallest absolute Gasteiger partial charge is 0.281 e. The maximum Gasteiger partial charge on any atom is 0.281 e. The van der Waals surface area contributed by atoms with Crippen molar-refractivity contribution < 1.29 is 25.9 Å². The molecule has 0 saturated carbocycles. The lowest BCUT2D eigenvalue weighted by Gasteiger charge is -1.89. The highest BCUT2D eigenvalue weighted by molar-refractivity contribution is 8.02. The molecule has 0 spiro atoms. The molecule has 7 N–H and O–H groups in total. The van der Waals surface area contributed by atoms with E-state index in [0.717, 1.165) is 0 Å². The number of rotatable bonds is 2. The summed E-state index contributed by atoms with van der Waals surface area (Å²) < 4.78 is 54.2. The van der Waals surface area contributed by atoms with E-state index in [1.54, 1.807) is 0 Å². The molecular weight excluding hydrogens is 226 g/mol. The average molecular weight is 235 g/mol. The average Bonchev–Trinajstić information content (AvgIpc) is 1.47. The molecule has 0 rings (SSSR count). The summed E-state index contributed by atoms with van der Waals surface area (Å²) in [6.07, 6.45) is 0. The van der Waals surface area contributed by atoms with Crippen molar-refractivity contribution in [1.29, 1.82) is 5.41 Å². The van der Waals surface area contributed by atoms with Crippen LogP contribution in [-0.2, 0) is 20.2 Å². The molecule has 0 aromatic heterocycles. The van der Waals surface area contributed by atoms with Gasteiger partial charge >= 0.3 is 0 Å². The van der Waals surface area contributed by atoms with Crippen LogP contribution in [0.2, 0.25) is 0 Å². The van der Waals surface area contributed by atoms with E-state index in [1.807, 2.05) is 0 Å². The standard InChI is InChI=1S/CH5N3.CH4O6S2/c2-1(3)4;2-8(3,4)1-9(5,6)7/h(H5,2,3,4);1H2,(H,2,3,4)(H,5,6,7). The van der Waals surface area contributed by atoms with Crippen molar-refractivity contribution in [2.24, 2.45) is 11.5 Å². The van der Waals surface area contributed by atoms with Gasteiger partial charge in [-0.2, -0.15) is 16.8 Å². The molecule has 0 aliphatic rings. The summed E-state index contributed by atoms with van der Waals surface area (Å²) in [5, 5.41) is 4.40. The van der Waals surface area contributed by atoms with Gasteiger partial charge in [0, 0.05) is 0 Å². The minimum Gasteiger partial charge on any atom is -0.370 e. The van der Waals surface area contributed by atoms with E-state index >= 15 is 0 Å². The van der Waals surface area contributed by atoms with Crippen LogP contribution in [-0.4, -0.2) is 37.0 Å². The fourth-order valence-electron chi connectivity index (χ4n) is 0.188. The molecule has 0 aromatic rings. The van der Waals surface area contributed by atoms with Crippen molar-refractivity contribution in [3.8, 4) is 0 Å². The Kier molecular flexibility index (Phi) is 5.57. The second-order valence-electron chi connectivity index (χ2n) is 1.74. The summed E-state index contributed by atoms with van der Waals surface area (Å²) in [6, 6.07) is 0. The molecule has 0 aliphatic heterocycles. The third kappa shape index (κ3) is 35.4. The van der Waals surface area contributed by atoms with Gasteiger partial charge in [0.2, 0.25) is 5.08 Å². The van der Waals surface area contributed by atoms with Crippen LogP contribution in [0.25, 0.3) is 0 Å². The Hall–Kier alpha value is -0.910. The van der Waals surface area contributed by atoms with Gasteiger partial charge in [-0.1, -0.05) is 0 Å². The van der Waals surface area contributed by atoms with E-state index in [-0.39, 0.29) is 5.96 Å². The molecule has 0 aliphatic carbocycles. The predicted octanol–water partition coefficient (Wildman–Crippen LogP) is -2.44. The summed E-state index contributed by atoms with van der Waals surface area (Å²) >= 11 is 0. The Balaban J connectivity index is 0. The predicted molar refractivity (Wildman–Crippen MR) is 44.1 cm³/mol. The summed E-state index contributed by atoms with van der Waals surface area (Å²) in [4.78, 5) is 0. The normalized spacial score (nSPS) is 11.2. The van der Waals surface area contributed by atoms with Crippen LogP contribution < -0.4 is 11.5 Å². The summed E-state index contributed by atoms with van der Waals surface area (Å²) in [7, 11) is -9.24. The van der Waals surface area contributed by atoms with Crippen LogP contribution in [0.4, 0.5) is 0 Å². The molecule has 0 aromatic carbocycles. The highest BCUT2D eigenvalue weighted by Gasteiger charge is 2.15.